The molecule has 2 heterocycles. The molecule has 0 saturated carbocycles. The van der Waals surface area contributed by atoms with E-state index in [1.54, 1.807) is 13.0 Å². The quantitative estimate of drug-likeness (QED) is 0.801. The zero-order valence-corrected chi connectivity index (χ0v) is 12.8. The first kappa shape index (κ1) is 14.8. The topological polar surface area (TPSA) is 75.1 Å². The average Bonchev–Trinajstić information content (AvgIpc) is 2.76. The highest BCUT2D eigenvalue weighted by molar-refractivity contribution is 6.17. The van der Waals surface area contributed by atoms with Gasteiger partial charge in [0.05, 0.1) is 0 Å². The molecular formula is C13H20ClN5O. The number of H-pyrrole nitrogens is 1. The molecule has 2 aromatic rings. The van der Waals surface area contributed by atoms with Crippen molar-refractivity contribution in [3.8, 4) is 0 Å². The van der Waals surface area contributed by atoms with Gasteiger partial charge in [0.2, 0.25) is 0 Å². The Hall–Kier alpha value is -1.56. The summed E-state index contributed by atoms with van der Waals surface area (Å²) in [6.07, 6.45) is 2.04. The molecule has 0 aliphatic carbocycles. The number of hydrogen-bond donors (Lipinski definition) is 2. The molecule has 0 aromatic carbocycles. The van der Waals surface area contributed by atoms with E-state index in [1.807, 2.05) is 0 Å². The lowest BCUT2D eigenvalue weighted by molar-refractivity contribution is 0.355. The maximum atomic E-state index is 11.5. The highest BCUT2D eigenvalue weighted by Crippen LogP contribution is 2.23. The van der Waals surface area contributed by atoms with Crippen LogP contribution in [0.2, 0.25) is 0 Å². The number of aryl methyl sites for hydroxylation is 1. The minimum Gasteiger partial charge on any atom is -0.369 e. The molecule has 20 heavy (non-hydrogen) atoms. The summed E-state index contributed by atoms with van der Waals surface area (Å²) in [5, 5.41) is 9.69. The number of nitrogens with zero attached hydrogens (tertiary/aromatic N) is 3. The first-order valence-electron chi connectivity index (χ1n) is 6.67. The number of anilines is 1. The highest BCUT2D eigenvalue weighted by atomic mass is 35.5. The second-order valence-electron chi connectivity index (χ2n) is 5.72. The molecule has 0 bridgehead atoms. The Morgan fingerprint density at radius 1 is 1.50 bits per heavy atom. The number of hydrogen-bond acceptors (Lipinski definition) is 4. The Morgan fingerprint density at radius 2 is 2.25 bits per heavy atom. The molecule has 0 aliphatic rings. The number of halogens is 1. The van der Waals surface area contributed by atoms with Crippen LogP contribution >= 0.6 is 11.6 Å². The molecule has 0 radical (unpaired) electrons. The van der Waals surface area contributed by atoms with Gasteiger partial charge in [0.1, 0.15) is 11.6 Å². The van der Waals surface area contributed by atoms with Crippen LogP contribution in [0.15, 0.2) is 10.9 Å². The summed E-state index contributed by atoms with van der Waals surface area (Å²) in [6.45, 7) is 6.96. The van der Waals surface area contributed by atoms with E-state index in [0.717, 1.165) is 25.2 Å². The second kappa shape index (κ2) is 5.83. The van der Waals surface area contributed by atoms with Gasteiger partial charge in [-0.3, -0.25) is 0 Å². The molecule has 0 aliphatic heterocycles. The fourth-order valence-electron chi connectivity index (χ4n) is 2.15. The number of aromatic amines is 1. The van der Waals surface area contributed by atoms with Crippen molar-refractivity contribution in [1.29, 1.82) is 0 Å². The summed E-state index contributed by atoms with van der Waals surface area (Å²) < 4.78 is 1.45. The monoisotopic (exact) mass is 297 g/mol. The van der Waals surface area contributed by atoms with E-state index in [1.165, 1.54) is 4.40 Å². The molecule has 0 fully saturated rings. The van der Waals surface area contributed by atoms with Crippen molar-refractivity contribution in [3.63, 3.8) is 0 Å². The first-order chi connectivity index (χ1) is 9.43. The van der Waals surface area contributed by atoms with Gasteiger partial charge in [-0.05, 0) is 25.2 Å². The van der Waals surface area contributed by atoms with Crippen molar-refractivity contribution in [2.75, 3.05) is 17.7 Å². The molecule has 0 spiro atoms. The molecule has 2 rings (SSSR count). The maximum absolute atomic E-state index is 11.5. The summed E-state index contributed by atoms with van der Waals surface area (Å²) in [6, 6.07) is 1.77. The molecule has 2 N–H and O–H groups in total. The largest absolute Gasteiger partial charge is 0.369 e. The second-order valence-corrected chi connectivity index (χ2v) is 6.10. The maximum Gasteiger partial charge on any atom is 0.349 e. The molecule has 110 valence electrons. The van der Waals surface area contributed by atoms with Gasteiger partial charge in [0, 0.05) is 18.5 Å². The molecule has 2 aromatic heterocycles. The molecule has 6 nitrogen and oxygen atoms in total. The molecule has 0 saturated heterocycles. The van der Waals surface area contributed by atoms with Crippen LogP contribution in [0, 0.1) is 12.3 Å². The van der Waals surface area contributed by atoms with Gasteiger partial charge in [0.15, 0.2) is 5.65 Å². The normalized spacial score (nSPS) is 12.0. The zero-order chi connectivity index (χ0) is 14.8. The SMILES string of the molecule is Cc1nc(NCC(C)(C)CCCCl)cc2n[nH]c(=O)n12. The minimum absolute atomic E-state index is 0.141. The summed E-state index contributed by atoms with van der Waals surface area (Å²) in [5.74, 6) is 2.03. The highest BCUT2D eigenvalue weighted by Gasteiger charge is 2.17. The third-order valence-corrected chi connectivity index (χ3v) is 3.57. The zero-order valence-electron chi connectivity index (χ0n) is 12.0. The average molecular weight is 298 g/mol. The molecule has 0 amide bonds. The summed E-state index contributed by atoms with van der Waals surface area (Å²) in [4.78, 5) is 15.9. The number of nitrogens with one attached hydrogen (secondary N) is 2. The molecular weight excluding hydrogens is 278 g/mol. The number of fused-ring (bicyclic) bond motifs is 1. The van der Waals surface area contributed by atoms with E-state index in [0.29, 0.717) is 17.4 Å². The van der Waals surface area contributed by atoms with Crippen LogP contribution < -0.4 is 11.0 Å². The van der Waals surface area contributed by atoms with Crippen LogP contribution in [-0.2, 0) is 0 Å². The van der Waals surface area contributed by atoms with Crippen molar-refractivity contribution in [2.45, 2.75) is 33.6 Å². The standard InChI is InChI=1S/C13H20ClN5O/c1-9-16-10(7-11-17-18-12(20)19(9)11)15-8-13(2,3)5-4-6-14/h7,15H,4-6,8H2,1-3H3,(H,18,20). The van der Waals surface area contributed by atoms with E-state index in [4.69, 9.17) is 11.6 Å². The Kier molecular flexibility index (Phi) is 4.32. The van der Waals surface area contributed by atoms with E-state index in [-0.39, 0.29) is 11.1 Å². The first-order valence-corrected chi connectivity index (χ1v) is 7.21. The van der Waals surface area contributed by atoms with Gasteiger partial charge >= 0.3 is 5.69 Å². The molecule has 0 atom stereocenters. The molecule has 7 heteroatoms. The van der Waals surface area contributed by atoms with Gasteiger partial charge in [0.25, 0.3) is 0 Å². The van der Waals surface area contributed by atoms with Gasteiger partial charge in [-0.25, -0.2) is 19.3 Å². The van der Waals surface area contributed by atoms with Gasteiger partial charge in [-0.2, -0.15) is 5.10 Å². The predicted molar refractivity (Wildman–Crippen MR) is 80.6 cm³/mol. The number of aromatic nitrogens is 4. The van der Waals surface area contributed by atoms with Crippen LogP contribution in [0.4, 0.5) is 5.82 Å². The van der Waals surface area contributed by atoms with Crippen molar-refractivity contribution in [3.05, 3.63) is 22.4 Å². The number of rotatable bonds is 6. The van der Waals surface area contributed by atoms with Crippen LogP contribution in [0.5, 0.6) is 0 Å². The van der Waals surface area contributed by atoms with Crippen molar-refractivity contribution in [2.24, 2.45) is 5.41 Å². The fourth-order valence-corrected chi connectivity index (χ4v) is 2.29. The Morgan fingerprint density at radius 3 is 2.95 bits per heavy atom. The lowest BCUT2D eigenvalue weighted by atomic mass is 9.88. The van der Waals surface area contributed by atoms with E-state index in [2.05, 4.69) is 34.3 Å². The third-order valence-electron chi connectivity index (χ3n) is 3.31. The smallest absolute Gasteiger partial charge is 0.349 e. The van der Waals surface area contributed by atoms with E-state index >= 15 is 0 Å². The lowest BCUT2D eigenvalue weighted by Gasteiger charge is -2.25. The summed E-state index contributed by atoms with van der Waals surface area (Å²) in [5.41, 5.74) is 0.449. The Bertz CT molecular complexity index is 646. The van der Waals surface area contributed by atoms with Crippen molar-refractivity contribution < 1.29 is 0 Å². The summed E-state index contributed by atoms with van der Waals surface area (Å²) >= 11 is 5.74. The van der Waals surface area contributed by atoms with Crippen LogP contribution in [0.1, 0.15) is 32.5 Å². The van der Waals surface area contributed by atoms with E-state index < -0.39 is 0 Å². The van der Waals surface area contributed by atoms with E-state index in [9.17, 15) is 4.79 Å². The summed E-state index contributed by atoms with van der Waals surface area (Å²) in [7, 11) is 0. The third kappa shape index (κ3) is 3.30. The van der Waals surface area contributed by atoms with Gasteiger partial charge in [-0.1, -0.05) is 13.8 Å². The Balaban J connectivity index is 2.12. The van der Waals surface area contributed by atoms with Gasteiger partial charge < -0.3 is 5.32 Å². The van der Waals surface area contributed by atoms with Crippen molar-refractivity contribution >= 4 is 23.1 Å². The minimum atomic E-state index is -0.265. The fraction of sp³-hybridized carbons (Fsp3) is 0.615. The van der Waals surface area contributed by atoms with Crippen LogP contribution in [0.25, 0.3) is 5.65 Å². The van der Waals surface area contributed by atoms with Crippen LogP contribution in [0.3, 0.4) is 0 Å². The van der Waals surface area contributed by atoms with Crippen LogP contribution in [-0.4, -0.2) is 32.0 Å². The predicted octanol–water partition coefficient (Wildman–Crippen LogP) is 2.18. The van der Waals surface area contributed by atoms with Gasteiger partial charge in [-0.15, -0.1) is 11.6 Å². The van der Waals surface area contributed by atoms with Crippen molar-refractivity contribution in [1.82, 2.24) is 19.6 Å². The Labute approximate surface area is 122 Å². The number of alkyl halides is 1. The lowest BCUT2D eigenvalue weighted by Crippen LogP contribution is -2.24. The molecule has 0 unspecified atom stereocenters.